The number of halogens is 1. The second-order valence-electron chi connectivity index (χ2n) is 10.1. The van der Waals surface area contributed by atoms with Crippen LogP contribution < -0.4 is 9.83 Å². The van der Waals surface area contributed by atoms with Gasteiger partial charge in [-0.3, -0.25) is 0 Å². The molecular weight excluding hydrogens is 515 g/mol. The first-order chi connectivity index (χ1) is 17.7. The average molecular weight is 547 g/mol. The van der Waals surface area contributed by atoms with Crippen LogP contribution in [0.5, 0.6) is 5.75 Å². The molecule has 1 heterocycles. The van der Waals surface area contributed by atoms with Gasteiger partial charge in [0.05, 0.1) is 11.3 Å². The minimum Gasteiger partial charge on any atom is -0.478 e. The quantitative estimate of drug-likeness (QED) is 0.216. The Morgan fingerprint density at radius 1 is 0.868 bits per heavy atom. The number of fused-ring (bicyclic) bond motifs is 3. The molecule has 0 fully saturated rings. The van der Waals surface area contributed by atoms with E-state index >= 15 is 0 Å². The molecule has 1 aromatic heterocycles. The van der Waals surface area contributed by atoms with Crippen molar-refractivity contribution in [3.8, 4) is 5.75 Å². The van der Waals surface area contributed by atoms with Gasteiger partial charge in [-0.05, 0) is 61.5 Å². The summed E-state index contributed by atoms with van der Waals surface area (Å²) in [4.78, 5) is 11.7. The Morgan fingerprint density at radius 2 is 1.55 bits per heavy atom. The fourth-order valence-electron chi connectivity index (χ4n) is 4.87. The summed E-state index contributed by atoms with van der Waals surface area (Å²) >= 11 is 0. The molecule has 7 heteroatoms. The lowest BCUT2D eigenvalue weighted by Gasteiger charge is -2.37. The minimum atomic E-state index is -2.78. The number of para-hydroxylation sites is 2. The molecule has 0 aliphatic rings. The highest BCUT2D eigenvalue weighted by Gasteiger charge is 2.39. The summed E-state index contributed by atoms with van der Waals surface area (Å²) in [5.41, 5.74) is 3.17. The molecule has 4 aromatic carbocycles. The van der Waals surface area contributed by atoms with Crippen molar-refractivity contribution in [3.63, 3.8) is 0 Å². The van der Waals surface area contributed by atoms with Crippen LogP contribution in [0.2, 0.25) is 0 Å². The maximum absolute atomic E-state index is 11.7. The Kier molecular flexibility index (Phi) is 7.73. The smallest absolute Gasteiger partial charge is 0.335 e. The third kappa shape index (κ3) is 4.84. The molecule has 0 amide bonds. The van der Waals surface area contributed by atoms with Crippen LogP contribution in [0, 0.1) is 0 Å². The van der Waals surface area contributed by atoms with Gasteiger partial charge in [0.15, 0.2) is 7.28 Å². The molecule has 0 saturated carbocycles. The summed E-state index contributed by atoms with van der Waals surface area (Å²) in [6, 6.07) is 31.6. The highest BCUT2D eigenvalue weighted by Crippen LogP contribution is 2.62. The number of carbonyl (C=O) groups is 1. The van der Waals surface area contributed by atoms with E-state index in [2.05, 4.69) is 74.7 Å². The minimum absolute atomic E-state index is 0. The second kappa shape index (κ2) is 10.7. The molecule has 0 radical (unpaired) electrons. The SMILES string of the molecule is CCn1c2ccccc2c2cc(P(=Nc3cccc(C(=O)O)c3)(Oc3ccccc3)C(C)(C)C)ccc21.Cl. The summed E-state index contributed by atoms with van der Waals surface area (Å²) < 4.78 is 14.6. The van der Waals surface area contributed by atoms with Gasteiger partial charge >= 0.3 is 5.97 Å². The molecule has 0 spiro atoms. The first kappa shape index (κ1) is 27.5. The van der Waals surface area contributed by atoms with E-state index in [4.69, 9.17) is 9.27 Å². The zero-order valence-corrected chi connectivity index (χ0v) is 23.7. The lowest BCUT2D eigenvalue weighted by molar-refractivity contribution is 0.0697. The van der Waals surface area contributed by atoms with Gasteiger partial charge in [-0.25, -0.2) is 9.54 Å². The van der Waals surface area contributed by atoms with Crippen LogP contribution in [0.3, 0.4) is 0 Å². The monoisotopic (exact) mass is 546 g/mol. The Morgan fingerprint density at radius 3 is 2.24 bits per heavy atom. The van der Waals surface area contributed by atoms with Crippen LogP contribution in [0.1, 0.15) is 38.1 Å². The van der Waals surface area contributed by atoms with Gasteiger partial charge in [0, 0.05) is 38.8 Å². The number of carboxylic acids is 1. The van der Waals surface area contributed by atoms with E-state index in [-0.39, 0.29) is 18.0 Å². The van der Waals surface area contributed by atoms with E-state index in [1.807, 2.05) is 36.4 Å². The summed E-state index contributed by atoms with van der Waals surface area (Å²) in [5, 5.41) is 12.6. The van der Waals surface area contributed by atoms with Gasteiger partial charge in [-0.15, -0.1) is 12.4 Å². The van der Waals surface area contributed by atoms with Gasteiger partial charge in [0.2, 0.25) is 0 Å². The van der Waals surface area contributed by atoms with Gasteiger partial charge in [-0.2, -0.15) is 0 Å². The largest absolute Gasteiger partial charge is 0.478 e. The van der Waals surface area contributed by atoms with Crippen LogP contribution in [-0.2, 0) is 6.54 Å². The number of aromatic nitrogens is 1. The van der Waals surface area contributed by atoms with Crippen molar-refractivity contribution in [2.45, 2.75) is 39.4 Å². The number of hydrogen-bond acceptors (Lipinski definition) is 3. The maximum Gasteiger partial charge on any atom is 0.335 e. The predicted molar refractivity (Wildman–Crippen MR) is 161 cm³/mol. The molecule has 0 saturated heterocycles. The molecular formula is C31H32ClN2O3P. The summed E-state index contributed by atoms with van der Waals surface area (Å²) in [7, 11) is -2.78. The fourth-order valence-corrected chi connectivity index (χ4v) is 7.94. The third-order valence-electron chi connectivity index (χ3n) is 6.66. The van der Waals surface area contributed by atoms with Crippen molar-refractivity contribution in [3.05, 3.63) is 103 Å². The molecule has 0 aliphatic carbocycles. The standard InChI is InChI=1S/C31H31N2O3P.ClH/c1-5-33-28-17-10-9-16-26(28)27-21-25(18-19-29(27)33)37(31(2,3)4,36-24-14-7-6-8-15-24)32-23-13-11-12-22(20-23)30(34)35;/h6-21H,5H2,1-4H3,(H,34,35);1H. The van der Waals surface area contributed by atoms with Crippen molar-refractivity contribution in [1.82, 2.24) is 4.57 Å². The van der Waals surface area contributed by atoms with Crippen molar-refractivity contribution < 1.29 is 14.4 Å². The van der Waals surface area contributed by atoms with Crippen LogP contribution in [-0.4, -0.2) is 20.8 Å². The van der Waals surface area contributed by atoms with Crippen molar-refractivity contribution in [1.29, 1.82) is 0 Å². The van der Waals surface area contributed by atoms with E-state index in [9.17, 15) is 9.90 Å². The van der Waals surface area contributed by atoms with Crippen molar-refractivity contribution >= 4 is 58.5 Å². The number of benzene rings is 4. The zero-order chi connectivity index (χ0) is 26.2. The van der Waals surface area contributed by atoms with Gasteiger partial charge in [0.1, 0.15) is 5.75 Å². The van der Waals surface area contributed by atoms with E-state index in [1.165, 1.54) is 16.4 Å². The maximum atomic E-state index is 11.7. The number of hydrogen-bond donors (Lipinski definition) is 1. The molecule has 1 atom stereocenters. The zero-order valence-electron chi connectivity index (χ0n) is 22.0. The van der Waals surface area contributed by atoms with E-state index in [1.54, 1.807) is 18.2 Å². The number of aryl methyl sites for hydroxylation is 1. The number of rotatable bonds is 6. The molecule has 196 valence electrons. The first-order valence-electron chi connectivity index (χ1n) is 12.5. The molecule has 1 unspecified atom stereocenters. The Balaban J connectivity index is 0.00000336. The lowest BCUT2D eigenvalue weighted by atomic mass is 10.1. The normalized spacial score (nSPS) is 13.1. The Hall–Kier alpha value is -3.53. The molecule has 5 rings (SSSR count). The number of aromatic carboxylic acids is 1. The second-order valence-corrected chi connectivity index (χ2v) is 13.5. The topological polar surface area (TPSA) is 63.8 Å². The van der Waals surface area contributed by atoms with E-state index in [0.717, 1.165) is 23.0 Å². The van der Waals surface area contributed by atoms with Crippen LogP contribution in [0.25, 0.3) is 21.8 Å². The average Bonchev–Trinajstić information content (AvgIpc) is 3.21. The Labute approximate surface area is 229 Å². The van der Waals surface area contributed by atoms with Gasteiger partial charge in [0.25, 0.3) is 0 Å². The highest BCUT2D eigenvalue weighted by atomic mass is 35.5. The molecule has 1 N–H and O–H groups in total. The van der Waals surface area contributed by atoms with Crippen molar-refractivity contribution in [2.24, 2.45) is 4.74 Å². The third-order valence-corrected chi connectivity index (χ3v) is 10.4. The molecule has 5 aromatic rings. The van der Waals surface area contributed by atoms with Crippen molar-refractivity contribution in [2.75, 3.05) is 0 Å². The van der Waals surface area contributed by atoms with Crippen LogP contribution in [0.4, 0.5) is 5.69 Å². The summed E-state index contributed by atoms with van der Waals surface area (Å²) in [5.74, 6) is -0.241. The number of nitrogens with zero attached hydrogens (tertiary/aromatic N) is 2. The molecule has 38 heavy (non-hydrogen) atoms. The van der Waals surface area contributed by atoms with Gasteiger partial charge < -0.3 is 14.2 Å². The summed E-state index contributed by atoms with van der Waals surface area (Å²) in [6.45, 7) is 9.47. The highest BCUT2D eigenvalue weighted by molar-refractivity contribution is 7.71. The lowest BCUT2D eigenvalue weighted by Crippen LogP contribution is -2.27. The Bertz CT molecular complexity index is 1670. The molecule has 0 bridgehead atoms. The molecule has 0 aliphatic heterocycles. The van der Waals surface area contributed by atoms with Crippen LogP contribution >= 0.6 is 19.7 Å². The van der Waals surface area contributed by atoms with E-state index in [0.29, 0.717) is 5.69 Å². The first-order valence-corrected chi connectivity index (χ1v) is 14.1. The predicted octanol–water partition coefficient (Wildman–Crippen LogP) is 8.89. The number of carboxylic acid groups (broad SMARTS) is 1. The molecule has 5 nitrogen and oxygen atoms in total. The van der Waals surface area contributed by atoms with Crippen LogP contribution in [0.15, 0.2) is 102 Å². The van der Waals surface area contributed by atoms with Gasteiger partial charge in [-0.1, -0.05) is 63.2 Å². The fraction of sp³-hybridized carbons (Fsp3) is 0.194. The van der Waals surface area contributed by atoms with E-state index < -0.39 is 18.4 Å². The summed E-state index contributed by atoms with van der Waals surface area (Å²) in [6.07, 6.45) is 0.